The number of anilines is 2. The van der Waals surface area contributed by atoms with Crippen molar-refractivity contribution in [1.82, 2.24) is 9.78 Å². The van der Waals surface area contributed by atoms with Gasteiger partial charge in [0.15, 0.2) is 0 Å². The molecule has 0 bridgehead atoms. The highest BCUT2D eigenvalue weighted by atomic mass is 15.3. The minimum Gasteiger partial charge on any atom is -0.394 e. The molecule has 0 spiro atoms. The summed E-state index contributed by atoms with van der Waals surface area (Å²) in [7, 11) is 1.97. The van der Waals surface area contributed by atoms with Gasteiger partial charge in [-0.1, -0.05) is 45.4 Å². The molecule has 0 amide bonds. The number of nitrogens with two attached hydrogens (primary N) is 1. The van der Waals surface area contributed by atoms with Crippen molar-refractivity contribution >= 4 is 11.5 Å². The molecule has 1 aliphatic carbocycles. The van der Waals surface area contributed by atoms with Crippen LogP contribution in [-0.4, -0.2) is 16.3 Å². The maximum absolute atomic E-state index is 6.16. The molecule has 108 valence electrons. The number of aromatic nitrogens is 2. The van der Waals surface area contributed by atoms with E-state index < -0.39 is 0 Å². The highest BCUT2D eigenvalue weighted by Gasteiger charge is 2.15. The van der Waals surface area contributed by atoms with Crippen molar-refractivity contribution < 1.29 is 0 Å². The van der Waals surface area contributed by atoms with Gasteiger partial charge in [0.05, 0.1) is 11.4 Å². The Kier molecular flexibility index (Phi) is 5.11. The molecule has 0 atom stereocenters. The van der Waals surface area contributed by atoms with E-state index in [1.165, 1.54) is 38.5 Å². The van der Waals surface area contributed by atoms with Crippen LogP contribution >= 0.6 is 0 Å². The number of hydrogen-bond acceptors (Lipinski definition) is 3. The second kappa shape index (κ2) is 6.83. The lowest BCUT2D eigenvalue weighted by Gasteiger charge is -2.21. The Bertz CT molecular complexity index is 391. The molecule has 3 N–H and O–H groups in total. The second-order valence-corrected chi connectivity index (χ2v) is 5.80. The predicted molar refractivity (Wildman–Crippen MR) is 81.3 cm³/mol. The first kappa shape index (κ1) is 14.2. The number of nitrogens with one attached hydrogen (secondary N) is 1. The van der Waals surface area contributed by atoms with E-state index in [9.17, 15) is 0 Å². The molecule has 1 aromatic heterocycles. The SMILES string of the molecule is CCCc1nn(C)c(NCCC2CCCCC2)c1N. The highest BCUT2D eigenvalue weighted by Crippen LogP contribution is 2.27. The molecule has 4 heteroatoms. The summed E-state index contributed by atoms with van der Waals surface area (Å²) in [6.07, 6.45) is 10.4. The fraction of sp³-hybridized carbons (Fsp3) is 0.800. The largest absolute Gasteiger partial charge is 0.394 e. The zero-order chi connectivity index (χ0) is 13.7. The van der Waals surface area contributed by atoms with E-state index in [4.69, 9.17) is 5.73 Å². The minimum atomic E-state index is 0.841. The quantitative estimate of drug-likeness (QED) is 0.828. The van der Waals surface area contributed by atoms with E-state index in [2.05, 4.69) is 17.3 Å². The Balaban J connectivity index is 1.84. The van der Waals surface area contributed by atoms with E-state index >= 15 is 0 Å². The molecule has 0 unspecified atom stereocenters. The fourth-order valence-electron chi connectivity index (χ4n) is 3.10. The first-order chi connectivity index (χ1) is 9.22. The third-order valence-electron chi connectivity index (χ3n) is 4.22. The standard InChI is InChI=1S/C15H28N4/c1-3-7-13-14(16)15(19(2)18-13)17-11-10-12-8-5-4-6-9-12/h12,17H,3-11,16H2,1-2H3. The maximum Gasteiger partial charge on any atom is 0.147 e. The molecule has 4 nitrogen and oxygen atoms in total. The van der Waals surface area contributed by atoms with E-state index in [1.807, 2.05) is 11.7 Å². The second-order valence-electron chi connectivity index (χ2n) is 5.80. The third kappa shape index (κ3) is 3.64. The average molecular weight is 264 g/mol. The van der Waals surface area contributed by atoms with Crippen molar-refractivity contribution in [2.75, 3.05) is 17.6 Å². The zero-order valence-corrected chi connectivity index (χ0v) is 12.4. The van der Waals surface area contributed by atoms with Gasteiger partial charge in [-0.15, -0.1) is 0 Å². The van der Waals surface area contributed by atoms with Gasteiger partial charge >= 0.3 is 0 Å². The summed E-state index contributed by atoms with van der Waals surface area (Å²) in [5, 5.41) is 7.98. The minimum absolute atomic E-state index is 0.841. The number of aryl methyl sites for hydroxylation is 2. The number of nitrogen functional groups attached to an aromatic ring is 1. The van der Waals surface area contributed by atoms with E-state index in [-0.39, 0.29) is 0 Å². The lowest BCUT2D eigenvalue weighted by Crippen LogP contribution is -2.14. The summed E-state index contributed by atoms with van der Waals surface area (Å²) in [5.74, 6) is 1.91. The predicted octanol–water partition coefficient (Wildman–Crippen LogP) is 3.34. The van der Waals surface area contributed by atoms with Crippen molar-refractivity contribution in [2.45, 2.75) is 58.3 Å². The molecule has 1 aliphatic rings. The fourth-order valence-corrected chi connectivity index (χ4v) is 3.10. The Morgan fingerprint density at radius 3 is 2.74 bits per heavy atom. The van der Waals surface area contributed by atoms with Gasteiger partial charge in [0.25, 0.3) is 0 Å². The summed E-state index contributed by atoms with van der Waals surface area (Å²) in [4.78, 5) is 0. The maximum atomic E-state index is 6.16. The molecule has 1 fully saturated rings. The monoisotopic (exact) mass is 264 g/mol. The van der Waals surface area contributed by atoms with Crippen LogP contribution in [0.2, 0.25) is 0 Å². The summed E-state index contributed by atoms with van der Waals surface area (Å²) >= 11 is 0. The van der Waals surface area contributed by atoms with E-state index in [0.29, 0.717) is 0 Å². The summed E-state index contributed by atoms with van der Waals surface area (Å²) in [6.45, 7) is 3.17. The molecular formula is C15H28N4. The molecular weight excluding hydrogens is 236 g/mol. The lowest BCUT2D eigenvalue weighted by molar-refractivity contribution is 0.345. The Morgan fingerprint density at radius 1 is 1.32 bits per heavy atom. The van der Waals surface area contributed by atoms with Gasteiger partial charge in [-0.25, -0.2) is 0 Å². The van der Waals surface area contributed by atoms with Crippen LogP contribution in [0.25, 0.3) is 0 Å². The smallest absolute Gasteiger partial charge is 0.147 e. The van der Waals surface area contributed by atoms with Crippen LogP contribution in [0.1, 0.15) is 57.6 Å². The van der Waals surface area contributed by atoms with Crippen LogP contribution in [0.4, 0.5) is 11.5 Å². The zero-order valence-electron chi connectivity index (χ0n) is 12.4. The van der Waals surface area contributed by atoms with E-state index in [1.54, 1.807) is 0 Å². The molecule has 0 saturated heterocycles. The first-order valence-corrected chi connectivity index (χ1v) is 7.77. The van der Waals surface area contributed by atoms with Crippen molar-refractivity contribution in [3.05, 3.63) is 5.69 Å². The molecule has 1 saturated carbocycles. The number of hydrogen-bond donors (Lipinski definition) is 2. The van der Waals surface area contributed by atoms with E-state index in [0.717, 1.165) is 42.5 Å². The molecule has 1 heterocycles. The van der Waals surface area contributed by atoms with Crippen molar-refractivity contribution in [3.8, 4) is 0 Å². The normalized spacial score (nSPS) is 16.7. The van der Waals surface area contributed by atoms with Crippen molar-refractivity contribution in [1.29, 1.82) is 0 Å². The first-order valence-electron chi connectivity index (χ1n) is 7.77. The van der Waals surface area contributed by atoms with Gasteiger partial charge < -0.3 is 11.1 Å². The molecule has 19 heavy (non-hydrogen) atoms. The summed E-state index contributed by atoms with van der Waals surface area (Å²) in [5.41, 5.74) is 8.04. The van der Waals surface area contributed by atoms with Crippen molar-refractivity contribution in [2.24, 2.45) is 13.0 Å². The van der Waals surface area contributed by atoms with Gasteiger partial charge in [-0.2, -0.15) is 5.10 Å². The van der Waals surface area contributed by atoms with Gasteiger partial charge in [0, 0.05) is 13.6 Å². The van der Waals surface area contributed by atoms with Crippen molar-refractivity contribution in [3.63, 3.8) is 0 Å². The Morgan fingerprint density at radius 2 is 2.05 bits per heavy atom. The Hall–Kier alpha value is -1.19. The number of rotatable bonds is 6. The van der Waals surface area contributed by atoms with Crippen LogP contribution in [-0.2, 0) is 13.5 Å². The summed E-state index contributed by atoms with van der Waals surface area (Å²) < 4.78 is 1.89. The van der Waals surface area contributed by atoms with Gasteiger partial charge in [0.2, 0.25) is 0 Å². The van der Waals surface area contributed by atoms with Crippen LogP contribution < -0.4 is 11.1 Å². The van der Waals surface area contributed by atoms with Gasteiger partial charge in [-0.3, -0.25) is 4.68 Å². The molecule has 1 aromatic rings. The molecule has 0 aliphatic heterocycles. The van der Waals surface area contributed by atoms with Gasteiger partial charge in [0.1, 0.15) is 5.82 Å². The van der Waals surface area contributed by atoms with Crippen LogP contribution in [0, 0.1) is 5.92 Å². The Labute approximate surface area is 116 Å². The van der Waals surface area contributed by atoms with Crippen LogP contribution in [0.5, 0.6) is 0 Å². The lowest BCUT2D eigenvalue weighted by atomic mass is 9.87. The highest BCUT2D eigenvalue weighted by molar-refractivity contribution is 5.64. The molecule has 0 aromatic carbocycles. The number of nitrogens with zero attached hydrogens (tertiary/aromatic N) is 2. The van der Waals surface area contributed by atoms with Crippen LogP contribution in [0.3, 0.4) is 0 Å². The molecule has 0 radical (unpaired) electrons. The summed E-state index contributed by atoms with van der Waals surface area (Å²) in [6, 6.07) is 0. The third-order valence-corrected chi connectivity index (χ3v) is 4.22. The van der Waals surface area contributed by atoms with Gasteiger partial charge in [-0.05, 0) is 18.8 Å². The van der Waals surface area contributed by atoms with Crippen LogP contribution in [0.15, 0.2) is 0 Å². The molecule has 2 rings (SSSR count). The average Bonchev–Trinajstić information content (AvgIpc) is 2.68. The topological polar surface area (TPSA) is 55.9 Å².